The first-order valence-corrected chi connectivity index (χ1v) is 14.2. The van der Waals surface area contributed by atoms with E-state index < -0.39 is 0 Å². The van der Waals surface area contributed by atoms with Gasteiger partial charge in [-0.1, -0.05) is 30.4 Å². The lowest BCUT2D eigenvalue weighted by atomic mass is 9.97. The van der Waals surface area contributed by atoms with E-state index in [1.807, 2.05) is 4.90 Å². The first kappa shape index (κ1) is 25.7. The number of likely N-dealkylation sites (N-methyl/N-ethyl adjacent to an activating group) is 1. The molecule has 0 radical (unpaired) electrons. The molecule has 2 aromatic rings. The average Bonchev–Trinajstić information content (AvgIpc) is 3.52. The number of allylic oxidation sites excluding steroid dienone is 2. The molecule has 1 amide bonds. The fourth-order valence-electron chi connectivity index (χ4n) is 6.34. The molecule has 1 aromatic heterocycles. The van der Waals surface area contributed by atoms with E-state index in [9.17, 15) is 4.79 Å². The molecule has 1 aliphatic carbocycles. The van der Waals surface area contributed by atoms with Gasteiger partial charge in [0.25, 0.3) is 0 Å². The number of nitrogens with zero attached hydrogens (tertiary/aromatic N) is 6. The molecule has 2 fully saturated rings. The number of anilines is 1. The third kappa shape index (κ3) is 5.35. The quantitative estimate of drug-likeness (QED) is 0.534. The van der Waals surface area contributed by atoms with Crippen molar-refractivity contribution in [3.05, 3.63) is 65.4 Å². The van der Waals surface area contributed by atoms with Crippen LogP contribution in [-0.4, -0.2) is 83.8 Å². The van der Waals surface area contributed by atoms with Crippen LogP contribution in [-0.2, 0) is 24.1 Å². The van der Waals surface area contributed by atoms with E-state index in [1.165, 1.54) is 29.2 Å². The molecule has 1 unspecified atom stereocenters. The number of carbonyl (C=O) groups excluding carboxylic acids is 1. The maximum Gasteiger partial charge on any atom is 0.318 e. The number of aromatic nitrogens is 2. The Balaban J connectivity index is 1.29. The Morgan fingerprint density at radius 2 is 1.95 bits per heavy atom. The minimum Gasteiger partial charge on any atom is -0.462 e. The van der Waals surface area contributed by atoms with Crippen LogP contribution in [0.25, 0.3) is 0 Å². The maximum absolute atomic E-state index is 12.2. The molecule has 0 spiro atoms. The van der Waals surface area contributed by atoms with Gasteiger partial charge in [-0.15, -0.1) is 0 Å². The van der Waals surface area contributed by atoms with E-state index in [1.54, 1.807) is 0 Å². The average molecular weight is 527 g/mol. The number of benzene rings is 1. The van der Waals surface area contributed by atoms with Gasteiger partial charge in [0.05, 0.1) is 11.4 Å². The molecule has 0 bridgehead atoms. The molecule has 6 rings (SSSR count). The van der Waals surface area contributed by atoms with E-state index in [4.69, 9.17) is 19.7 Å². The highest BCUT2D eigenvalue weighted by atomic mass is 16.5. The van der Waals surface area contributed by atoms with Crippen LogP contribution in [0, 0.1) is 5.92 Å². The van der Waals surface area contributed by atoms with Crippen LogP contribution in [0.5, 0.6) is 6.01 Å². The number of fused-ring (bicyclic) bond motifs is 2. The van der Waals surface area contributed by atoms with E-state index in [0.717, 1.165) is 68.2 Å². The van der Waals surface area contributed by atoms with E-state index >= 15 is 0 Å². The second kappa shape index (κ2) is 10.9. The zero-order valence-corrected chi connectivity index (χ0v) is 23.1. The topological polar surface area (TPSA) is 74.2 Å². The van der Waals surface area contributed by atoms with E-state index in [-0.39, 0.29) is 11.8 Å². The smallest absolute Gasteiger partial charge is 0.318 e. The molecule has 8 nitrogen and oxygen atoms in total. The Labute approximate surface area is 231 Å². The third-order valence-electron chi connectivity index (χ3n) is 8.61. The van der Waals surface area contributed by atoms with Crippen LogP contribution < -0.4 is 9.64 Å². The van der Waals surface area contributed by atoms with Gasteiger partial charge in [0.1, 0.15) is 12.4 Å². The molecule has 4 heterocycles. The van der Waals surface area contributed by atoms with Crippen LogP contribution in [0.1, 0.15) is 36.6 Å². The maximum atomic E-state index is 12.2. The summed E-state index contributed by atoms with van der Waals surface area (Å²) in [4.78, 5) is 33.8. The summed E-state index contributed by atoms with van der Waals surface area (Å²) in [6, 6.07) is 9.32. The fraction of sp³-hybridized carbons (Fsp3) is 0.484. The molecule has 8 heteroatoms. The molecule has 4 aliphatic rings. The van der Waals surface area contributed by atoms with Gasteiger partial charge >= 0.3 is 6.01 Å². The second-order valence-corrected chi connectivity index (χ2v) is 11.3. The molecule has 0 saturated carbocycles. The summed E-state index contributed by atoms with van der Waals surface area (Å²) in [5, 5.41) is 0. The van der Waals surface area contributed by atoms with Crippen molar-refractivity contribution in [3.8, 4) is 6.01 Å². The number of carbonyl (C=O) groups is 1. The fourth-order valence-corrected chi connectivity index (χ4v) is 6.34. The zero-order valence-electron chi connectivity index (χ0n) is 23.1. The highest BCUT2D eigenvalue weighted by Gasteiger charge is 2.34. The van der Waals surface area contributed by atoms with Gasteiger partial charge in [-0.05, 0) is 76.4 Å². The second-order valence-electron chi connectivity index (χ2n) is 11.3. The summed E-state index contributed by atoms with van der Waals surface area (Å²) in [5.41, 5.74) is 7.05. The van der Waals surface area contributed by atoms with E-state index in [2.05, 4.69) is 60.7 Å². The largest absolute Gasteiger partial charge is 0.462 e. The Morgan fingerprint density at radius 3 is 2.72 bits per heavy atom. The van der Waals surface area contributed by atoms with Crippen molar-refractivity contribution in [1.29, 1.82) is 0 Å². The summed E-state index contributed by atoms with van der Waals surface area (Å²) in [6.45, 7) is 10.3. The van der Waals surface area contributed by atoms with Crippen molar-refractivity contribution in [2.45, 2.75) is 45.1 Å². The van der Waals surface area contributed by atoms with Gasteiger partial charge in [-0.3, -0.25) is 9.79 Å². The summed E-state index contributed by atoms with van der Waals surface area (Å²) >= 11 is 0. The van der Waals surface area contributed by atoms with Gasteiger partial charge in [0, 0.05) is 49.4 Å². The van der Waals surface area contributed by atoms with Gasteiger partial charge in [-0.2, -0.15) is 9.97 Å². The molecule has 2 atom stereocenters. The Hall–Kier alpha value is -3.52. The SMILES string of the molecule is C=CC(=O)N1CCN(c2nc(OC[C@@H]3CCCN3C)nc3c2CC(C2=Nc4ccccc4CC(C)=C2)C3)CC1. The molecular formula is C31H38N6O2. The normalized spacial score (nSPS) is 23.0. The molecule has 0 N–H and O–H groups in total. The van der Waals surface area contributed by atoms with Crippen molar-refractivity contribution in [2.24, 2.45) is 10.9 Å². The molecule has 1 aromatic carbocycles. The lowest BCUT2D eigenvalue weighted by Crippen LogP contribution is -2.48. The minimum absolute atomic E-state index is 0.0128. The Morgan fingerprint density at radius 1 is 1.13 bits per heavy atom. The molecule has 39 heavy (non-hydrogen) atoms. The molecule has 204 valence electrons. The van der Waals surface area contributed by atoms with Gasteiger partial charge in [0.2, 0.25) is 5.91 Å². The number of aliphatic imine (C=N–C) groups is 1. The van der Waals surface area contributed by atoms with Crippen LogP contribution >= 0.6 is 0 Å². The summed E-state index contributed by atoms with van der Waals surface area (Å²) in [7, 11) is 2.16. The van der Waals surface area contributed by atoms with Gasteiger partial charge in [0.15, 0.2) is 0 Å². The van der Waals surface area contributed by atoms with Crippen molar-refractivity contribution in [3.63, 3.8) is 0 Å². The number of ether oxygens (including phenoxy) is 1. The summed E-state index contributed by atoms with van der Waals surface area (Å²) in [5.74, 6) is 1.19. The Kier molecular flexibility index (Phi) is 7.21. The van der Waals surface area contributed by atoms with Crippen LogP contribution in [0.2, 0.25) is 0 Å². The predicted molar refractivity (Wildman–Crippen MR) is 154 cm³/mol. The standard InChI is InChI=1S/C31H38N6O2/c1-4-29(38)36-12-14-37(15-13-36)30-25-18-23(27-17-21(2)16-22-8-5-6-10-26(22)32-27)19-28(25)33-31(34-30)39-20-24-9-7-11-35(24)3/h4-6,8,10,17,23-24H,1,7,9,11-16,18-20H2,2-3H3/t23?,24-/m0/s1. The number of hydrogen-bond donors (Lipinski definition) is 0. The monoisotopic (exact) mass is 526 g/mol. The number of rotatable bonds is 6. The highest BCUT2D eigenvalue weighted by molar-refractivity contribution is 6.00. The number of piperazine rings is 1. The van der Waals surface area contributed by atoms with Crippen molar-refractivity contribution in [1.82, 2.24) is 19.8 Å². The first-order valence-electron chi connectivity index (χ1n) is 14.2. The molecular weight excluding hydrogens is 488 g/mol. The van der Waals surface area contributed by atoms with E-state index in [0.29, 0.717) is 31.7 Å². The first-order chi connectivity index (χ1) is 19.0. The van der Waals surface area contributed by atoms with Gasteiger partial charge < -0.3 is 19.4 Å². The van der Waals surface area contributed by atoms with Crippen LogP contribution in [0.4, 0.5) is 11.5 Å². The molecule has 3 aliphatic heterocycles. The third-order valence-corrected chi connectivity index (χ3v) is 8.61. The van der Waals surface area contributed by atoms with Crippen molar-refractivity contribution in [2.75, 3.05) is 51.3 Å². The Bertz CT molecular complexity index is 1330. The zero-order chi connectivity index (χ0) is 26.9. The number of amides is 1. The van der Waals surface area contributed by atoms with Gasteiger partial charge in [-0.25, -0.2) is 0 Å². The number of hydrogen-bond acceptors (Lipinski definition) is 7. The number of para-hydroxylation sites is 1. The van der Waals surface area contributed by atoms with Crippen LogP contribution in [0.15, 0.2) is 53.6 Å². The summed E-state index contributed by atoms with van der Waals surface area (Å²) in [6.07, 6.45) is 8.62. The molecule has 2 saturated heterocycles. The van der Waals surface area contributed by atoms with Crippen molar-refractivity contribution < 1.29 is 9.53 Å². The lowest BCUT2D eigenvalue weighted by molar-refractivity contribution is -0.126. The number of likely N-dealkylation sites (tertiary alicyclic amines) is 1. The van der Waals surface area contributed by atoms with Crippen molar-refractivity contribution >= 4 is 23.1 Å². The minimum atomic E-state index is -0.0128. The van der Waals surface area contributed by atoms with Crippen LogP contribution in [0.3, 0.4) is 0 Å². The lowest BCUT2D eigenvalue weighted by Gasteiger charge is -2.35. The summed E-state index contributed by atoms with van der Waals surface area (Å²) < 4.78 is 6.25. The predicted octanol–water partition coefficient (Wildman–Crippen LogP) is 3.77. The highest BCUT2D eigenvalue weighted by Crippen LogP contribution is 2.37.